The Balaban J connectivity index is 2.97. The highest BCUT2D eigenvalue weighted by Gasteiger charge is 2.13. The van der Waals surface area contributed by atoms with E-state index in [9.17, 15) is 4.79 Å². The molecule has 4 nitrogen and oxygen atoms in total. The number of aryl methyl sites for hydroxylation is 1. The summed E-state index contributed by atoms with van der Waals surface area (Å²) in [6.45, 7) is 4.24. The Bertz CT molecular complexity index is 396. The zero-order valence-corrected chi connectivity index (χ0v) is 9.45. The Kier molecular flexibility index (Phi) is 3.91. The lowest BCUT2D eigenvalue weighted by Gasteiger charge is -2.00. The number of carbonyl (C=O) groups is 1. The van der Waals surface area contributed by atoms with Crippen LogP contribution in [0.25, 0.3) is 0 Å². The quantitative estimate of drug-likeness (QED) is 0.856. The van der Waals surface area contributed by atoms with Crippen molar-refractivity contribution in [1.82, 2.24) is 9.78 Å². The second-order valence-electron chi connectivity index (χ2n) is 3.26. The van der Waals surface area contributed by atoms with Crippen LogP contribution in [-0.2, 0) is 17.8 Å². The van der Waals surface area contributed by atoms with E-state index in [0.29, 0.717) is 6.54 Å². The first-order valence-electron chi connectivity index (χ1n) is 4.56. The fourth-order valence-electron chi connectivity index (χ4n) is 1.46. The minimum atomic E-state index is -0.839. The number of aromatic nitrogens is 2. The molecule has 0 aliphatic carbocycles. The lowest BCUT2D eigenvalue weighted by Crippen LogP contribution is -2.04. The molecule has 0 fully saturated rings. The summed E-state index contributed by atoms with van der Waals surface area (Å²) in [6.07, 6.45) is 1.77. The van der Waals surface area contributed by atoms with E-state index in [1.54, 1.807) is 10.8 Å². The molecule has 0 radical (unpaired) electrons. The largest absolute Gasteiger partial charge is 0.481 e. The summed E-state index contributed by atoms with van der Waals surface area (Å²) in [4.78, 5) is 10.6. The van der Waals surface area contributed by atoms with Crippen LogP contribution in [0.2, 0.25) is 0 Å². The molecule has 1 rings (SSSR count). The minimum absolute atomic E-state index is 0.0161. The van der Waals surface area contributed by atoms with Crippen LogP contribution < -0.4 is 0 Å². The lowest BCUT2D eigenvalue weighted by atomic mass is 10.1. The third-order valence-corrected chi connectivity index (χ3v) is 2.40. The topological polar surface area (TPSA) is 55.1 Å². The maximum atomic E-state index is 10.6. The molecular weight excluding hydrogens is 216 g/mol. The van der Waals surface area contributed by atoms with E-state index >= 15 is 0 Å². The Morgan fingerprint density at radius 2 is 2.27 bits per heavy atom. The molecule has 1 N–H and O–H groups in total. The van der Waals surface area contributed by atoms with E-state index in [1.165, 1.54) is 5.54 Å². The predicted octanol–water partition coefficient (Wildman–Crippen LogP) is 1.88. The molecule has 1 aromatic heterocycles. The van der Waals surface area contributed by atoms with Gasteiger partial charge in [0, 0.05) is 16.8 Å². The average molecular weight is 229 g/mol. The smallest absolute Gasteiger partial charge is 0.307 e. The molecule has 0 atom stereocenters. The van der Waals surface area contributed by atoms with Crippen molar-refractivity contribution in [2.24, 2.45) is 0 Å². The zero-order valence-electron chi connectivity index (χ0n) is 8.70. The van der Waals surface area contributed by atoms with Crippen molar-refractivity contribution in [3.63, 3.8) is 0 Å². The SMILES string of the molecule is Cc1nn(C/C=C/Cl)c(C)c1CC(=O)O. The maximum Gasteiger partial charge on any atom is 0.307 e. The highest BCUT2D eigenvalue weighted by atomic mass is 35.5. The molecule has 1 aromatic rings. The molecule has 0 saturated heterocycles. The van der Waals surface area contributed by atoms with Crippen LogP contribution in [0.5, 0.6) is 0 Å². The van der Waals surface area contributed by atoms with Gasteiger partial charge in [-0.1, -0.05) is 17.7 Å². The van der Waals surface area contributed by atoms with E-state index in [0.717, 1.165) is 17.0 Å². The Hall–Kier alpha value is -1.29. The zero-order chi connectivity index (χ0) is 11.4. The third kappa shape index (κ3) is 2.83. The van der Waals surface area contributed by atoms with Gasteiger partial charge in [0.15, 0.2) is 0 Å². The van der Waals surface area contributed by atoms with Gasteiger partial charge in [0.25, 0.3) is 0 Å². The number of rotatable bonds is 4. The lowest BCUT2D eigenvalue weighted by molar-refractivity contribution is -0.136. The molecule has 0 amide bonds. The molecule has 0 bridgehead atoms. The summed E-state index contributed by atoms with van der Waals surface area (Å²) in [6, 6.07) is 0. The van der Waals surface area contributed by atoms with Gasteiger partial charge < -0.3 is 5.11 Å². The molecule has 5 heteroatoms. The number of hydrogen-bond donors (Lipinski definition) is 1. The molecule has 0 unspecified atom stereocenters. The van der Waals surface area contributed by atoms with Crippen LogP contribution in [0, 0.1) is 13.8 Å². The standard InChI is InChI=1S/C10H13ClN2O2/c1-7-9(6-10(14)15)8(2)13(12-7)5-3-4-11/h3-4H,5-6H2,1-2H3,(H,14,15)/b4-3+. The van der Waals surface area contributed by atoms with Gasteiger partial charge in [-0.25, -0.2) is 0 Å². The van der Waals surface area contributed by atoms with Gasteiger partial charge in [0.05, 0.1) is 18.7 Å². The molecule has 0 aliphatic heterocycles. The number of carboxylic acids is 1. The van der Waals surface area contributed by atoms with Gasteiger partial charge in [-0.2, -0.15) is 5.10 Å². The van der Waals surface area contributed by atoms with Crippen LogP contribution in [0.1, 0.15) is 17.0 Å². The van der Waals surface area contributed by atoms with Gasteiger partial charge in [0.2, 0.25) is 0 Å². The number of halogens is 1. The van der Waals surface area contributed by atoms with Gasteiger partial charge >= 0.3 is 5.97 Å². The molecule has 82 valence electrons. The maximum absolute atomic E-state index is 10.6. The van der Waals surface area contributed by atoms with Crippen molar-refractivity contribution < 1.29 is 9.90 Å². The Labute approximate surface area is 93.2 Å². The van der Waals surface area contributed by atoms with Gasteiger partial charge in [-0.15, -0.1) is 0 Å². The minimum Gasteiger partial charge on any atom is -0.481 e. The van der Waals surface area contributed by atoms with Crippen LogP contribution in [0.3, 0.4) is 0 Å². The molecule has 1 heterocycles. The van der Waals surface area contributed by atoms with Gasteiger partial charge in [0.1, 0.15) is 0 Å². The highest BCUT2D eigenvalue weighted by Crippen LogP contribution is 2.13. The number of hydrogen-bond acceptors (Lipinski definition) is 2. The highest BCUT2D eigenvalue weighted by molar-refractivity contribution is 6.25. The van der Waals surface area contributed by atoms with Crippen LogP contribution in [0.15, 0.2) is 11.6 Å². The first kappa shape index (κ1) is 11.8. The first-order chi connectivity index (χ1) is 7.06. The fraction of sp³-hybridized carbons (Fsp3) is 0.400. The van der Waals surface area contributed by atoms with Crippen LogP contribution >= 0.6 is 11.6 Å². The summed E-state index contributed by atoms with van der Waals surface area (Å²) in [5.41, 5.74) is 3.85. The molecule has 0 saturated carbocycles. The number of carboxylic acid groups (broad SMARTS) is 1. The number of allylic oxidation sites excluding steroid dienone is 1. The van der Waals surface area contributed by atoms with Gasteiger partial charge in [-0.05, 0) is 13.8 Å². The van der Waals surface area contributed by atoms with Gasteiger partial charge in [-0.3, -0.25) is 9.48 Å². The first-order valence-corrected chi connectivity index (χ1v) is 4.99. The van der Waals surface area contributed by atoms with Crippen LogP contribution in [-0.4, -0.2) is 20.9 Å². The Morgan fingerprint density at radius 1 is 1.60 bits per heavy atom. The van der Waals surface area contributed by atoms with Crippen molar-refractivity contribution in [3.05, 3.63) is 28.6 Å². The summed E-state index contributed by atoms with van der Waals surface area (Å²) >= 11 is 5.42. The molecule has 0 aliphatic rings. The van der Waals surface area contributed by atoms with Crippen molar-refractivity contribution in [1.29, 1.82) is 0 Å². The van der Waals surface area contributed by atoms with E-state index < -0.39 is 5.97 Å². The van der Waals surface area contributed by atoms with Crippen molar-refractivity contribution in [2.45, 2.75) is 26.8 Å². The van der Waals surface area contributed by atoms with E-state index in [-0.39, 0.29) is 6.42 Å². The van der Waals surface area contributed by atoms with E-state index in [1.807, 2.05) is 13.8 Å². The second kappa shape index (κ2) is 4.98. The summed E-state index contributed by atoms with van der Waals surface area (Å²) in [7, 11) is 0. The summed E-state index contributed by atoms with van der Waals surface area (Å²) < 4.78 is 1.74. The summed E-state index contributed by atoms with van der Waals surface area (Å²) in [5, 5.41) is 13.0. The number of nitrogens with zero attached hydrogens (tertiary/aromatic N) is 2. The Morgan fingerprint density at radius 3 is 2.80 bits per heavy atom. The molecular formula is C10H13ClN2O2. The van der Waals surface area contributed by atoms with Crippen LogP contribution in [0.4, 0.5) is 0 Å². The molecule has 0 aromatic carbocycles. The predicted molar refractivity (Wildman–Crippen MR) is 58.0 cm³/mol. The van der Waals surface area contributed by atoms with Crippen molar-refractivity contribution >= 4 is 17.6 Å². The van der Waals surface area contributed by atoms with Crippen molar-refractivity contribution in [2.75, 3.05) is 0 Å². The van der Waals surface area contributed by atoms with E-state index in [2.05, 4.69) is 5.10 Å². The summed E-state index contributed by atoms with van der Waals surface area (Å²) in [5.74, 6) is -0.839. The molecule has 0 spiro atoms. The molecule has 15 heavy (non-hydrogen) atoms. The fourth-order valence-corrected chi connectivity index (χ4v) is 1.54. The van der Waals surface area contributed by atoms with Crippen molar-refractivity contribution in [3.8, 4) is 0 Å². The third-order valence-electron chi connectivity index (χ3n) is 2.23. The average Bonchev–Trinajstić information content (AvgIpc) is 2.42. The van der Waals surface area contributed by atoms with E-state index in [4.69, 9.17) is 16.7 Å². The second-order valence-corrected chi connectivity index (χ2v) is 3.52. The monoisotopic (exact) mass is 228 g/mol. The number of aliphatic carboxylic acids is 1. The normalized spacial score (nSPS) is 11.1.